The van der Waals surface area contributed by atoms with Crippen LogP contribution in [0.3, 0.4) is 0 Å². The summed E-state index contributed by atoms with van der Waals surface area (Å²) in [5, 5.41) is 18.4. The molecule has 0 aliphatic carbocycles. The Morgan fingerprint density at radius 2 is 0.600 bits per heavy atom. The third kappa shape index (κ3) is 5.84. The summed E-state index contributed by atoms with van der Waals surface area (Å²) in [5.41, 5.74) is 10.0. The molecule has 4 nitrogen and oxygen atoms in total. The zero-order chi connectivity index (χ0) is 45.9. The first-order valence-corrected chi connectivity index (χ1v) is 23.9. The first-order valence-electron chi connectivity index (χ1n) is 23.9. The van der Waals surface area contributed by atoms with Crippen LogP contribution < -0.4 is 9.80 Å². The summed E-state index contributed by atoms with van der Waals surface area (Å²) in [6.07, 6.45) is 0. The number of fused-ring (bicyclic) bond motifs is 16. The van der Waals surface area contributed by atoms with Crippen molar-refractivity contribution in [2.75, 3.05) is 9.80 Å². The molecule has 0 radical (unpaired) electrons. The highest BCUT2D eigenvalue weighted by Gasteiger charge is 2.21. The summed E-state index contributed by atoms with van der Waals surface area (Å²) in [5.74, 6) is 0. The smallest absolute Gasteiger partial charge is 0.143 e. The monoisotopic (exact) mass is 892 g/mol. The van der Waals surface area contributed by atoms with Gasteiger partial charge >= 0.3 is 0 Å². The fourth-order valence-electron chi connectivity index (χ4n) is 11.3. The number of hydrogen-bond donors (Lipinski definition) is 0. The molecule has 70 heavy (non-hydrogen) atoms. The number of para-hydroxylation sites is 2. The molecule has 2 aromatic heterocycles. The van der Waals surface area contributed by atoms with E-state index in [1.165, 1.54) is 43.1 Å². The Kier molecular flexibility index (Phi) is 8.33. The molecule has 0 amide bonds. The number of rotatable bonds is 6. The second-order valence-corrected chi connectivity index (χ2v) is 18.4. The maximum absolute atomic E-state index is 6.87. The van der Waals surface area contributed by atoms with Crippen molar-refractivity contribution in [2.45, 2.75) is 0 Å². The van der Waals surface area contributed by atoms with Gasteiger partial charge in [-0.25, -0.2) is 0 Å². The maximum atomic E-state index is 6.87. The zero-order valence-corrected chi connectivity index (χ0v) is 37.8. The molecule has 0 fully saturated rings. The molecular weight excluding hydrogens is 853 g/mol. The second-order valence-electron chi connectivity index (χ2n) is 18.4. The van der Waals surface area contributed by atoms with Gasteiger partial charge in [-0.15, -0.1) is 0 Å². The molecule has 0 bridgehead atoms. The predicted octanol–water partition coefficient (Wildman–Crippen LogP) is 19.3. The molecule has 15 aromatic rings. The van der Waals surface area contributed by atoms with Gasteiger partial charge in [-0.3, -0.25) is 0 Å². The van der Waals surface area contributed by atoms with E-state index in [2.05, 4.69) is 252 Å². The molecule has 2 heterocycles. The Bertz CT molecular complexity index is 4310. The highest BCUT2D eigenvalue weighted by molar-refractivity contribution is 6.22. The lowest BCUT2D eigenvalue weighted by Gasteiger charge is -2.27. The maximum Gasteiger partial charge on any atom is 0.143 e. The molecular formula is C66H40N2O2. The van der Waals surface area contributed by atoms with Crippen LogP contribution in [0, 0.1) is 0 Å². The van der Waals surface area contributed by atoms with E-state index < -0.39 is 0 Å². The van der Waals surface area contributed by atoms with Gasteiger partial charge in [0.25, 0.3) is 0 Å². The summed E-state index contributed by atoms with van der Waals surface area (Å²) in [7, 11) is 0. The molecule has 0 aliphatic heterocycles. The third-order valence-corrected chi connectivity index (χ3v) is 14.5. The molecule has 0 N–H and O–H groups in total. The van der Waals surface area contributed by atoms with Gasteiger partial charge in [0.05, 0.1) is 11.4 Å². The van der Waals surface area contributed by atoms with Crippen molar-refractivity contribution in [1.82, 2.24) is 0 Å². The summed E-state index contributed by atoms with van der Waals surface area (Å²) < 4.78 is 13.7. The molecule has 0 aliphatic rings. The van der Waals surface area contributed by atoms with Crippen LogP contribution in [0.5, 0.6) is 0 Å². The van der Waals surface area contributed by atoms with E-state index in [0.717, 1.165) is 99.5 Å². The highest BCUT2D eigenvalue weighted by Crippen LogP contribution is 2.46. The van der Waals surface area contributed by atoms with Crippen LogP contribution in [0.25, 0.3) is 109 Å². The summed E-state index contributed by atoms with van der Waals surface area (Å²) >= 11 is 0. The molecule has 0 atom stereocenters. The minimum atomic E-state index is 0.840. The first-order chi connectivity index (χ1) is 34.7. The van der Waals surface area contributed by atoms with E-state index in [9.17, 15) is 0 Å². The van der Waals surface area contributed by atoms with Crippen molar-refractivity contribution in [3.05, 3.63) is 243 Å². The average molecular weight is 893 g/mol. The topological polar surface area (TPSA) is 32.8 Å². The number of anilines is 6. The number of nitrogens with zero attached hydrogens (tertiary/aromatic N) is 2. The van der Waals surface area contributed by atoms with E-state index in [1.807, 2.05) is 0 Å². The predicted molar refractivity (Wildman–Crippen MR) is 295 cm³/mol. The van der Waals surface area contributed by atoms with E-state index in [4.69, 9.17) is 8.83 Å². The second kappa shape index (κ2) is 15.1. The zero-order valence-electron chi connectivity index (χ0n) is 37.8. The van der Waals surface area contributed by atoms with Crippen molar-refractivity contribution in [1.29, 1.82) is 0 Å². The molecule has 15 rings (SSSR count). The molecule has 326 valence electrons. The van der Waals surface area contributed by atoms with Crippen molar-refractivity contribution >= 4 is 143 Å². The van der Waals surface area contributed by atoms with Gasteiger partial charge in [0.15, 0.2) is 0 Å². The minimum Gasteiger partial charge on any atom is -0.455 e. The number of benzene rings is 13. The summed E-state index contributed by atoms with van der Waals surface area (Å²) in [6, 6.07) is 87.4. The fraction of sp³-hybridized carbons (Fsp3) is 0. The van der Waals surface area contributed by atoms with Crippen LogP contribution in [0.2, 0.25) is 0 Å². The van der Waals surface area contributed by atoms with Gasteiger partial charge < -0.3 is 18.6 Å². The van der Waals surface area contributed by atoms with E-state index in [0.29, 0.717) is 0 Å². The van der Waals surface area contributed by atoms with Crippen LogP contribution >= 0.6 is 0 Å². The molecule has 13 aromatic carbocycles. The molecule has 0 spiro atoms. The molecule has 0 saturated heterocycles. The van der Waals surface area contributed by atoms with Gasteiger partial charge in [0.1, 0.15) is 22.3 Å². The standard InChI is InChI=1S/C66H40N2O2/c1-3-15-45(16-4-1)67(61-23-11-21-53-49-19-9-7-13-41(49)25-31-55(53)61)47-29-35-51-43(37-47)27-33-57-59-39-64-60(40-63(59)69-65(51)57)58-34-28-44-38-48(30-36-52(44)66(58)70-64)68(46-17-5-2-6-18-46)62-24-12-22-54-50-20-10-8-14-42(50)26-32-56(54)62/h1-40H. The van der Waals surface area contributed by atoms with Crippen LogP contribution in [0.4, 0.5) is 34.1 Å². The Morgan fingerprint density at radius 1 is 0.214 bits per heavy atom. The first kappa shape index (κ1) is 38.7. The van der Waals surface area contributed by atoms with E-state index >= 15 is 0 Å². The van der Waals surface area contributed by atoms with Crippen LogP contribution in [-0.4, -0.2) is 0 Å². The Balaban J connectivity index is 0.834. The third-order valence-electron chi connectivity index (χ3n) is 14.5. The highest BCUT2D eigenvalue weighted by atomic mass is 16.3. The van der Waals surface area contributed by atoms with Crippen molar-refractivity contribution in [2.24, 2.45) is 0 Å². The Labute approximate surface area is 402 Å². The minimum absolute atomic E-state index is 0.840. The summed E-state index contributed by atoms with van der Waals surface area (Å²) in [4.78, 5) is 4.74. The van der Waals surface area contributed by atoms with Crippen molar-refractivity contribution < 1.29 is 8.83 Å². The lowest BCUT2D eigenvalue weighted by molar-refractivity contribution is 0.667. The normalized spacial score (nSPS) is 12.0. The SMILES string of the molecule is c1ccc(N(c2ccc3c(ccc4c5cc6oc7c8ccc(N(c9ccccc9)c9cccc%10c9ccc9ccccc9%10)cc8ccc7c6cc5oc34)c2)c2cccc3c2ccc2ccccc23)cc1. The summed E-state index contributed by atoms with van der Waals surface area (Å²) in [6.45, 7) is 0. The van der Waals surface area contributed by atoms with Crippen LogP contribution in [0.15, 0.2) is 251 Å². The largest absolute Gasteiger partial charge is 0.455 e. The lowest BCUT2D eigenvalue weighted by Crippen LogP contribution is -2.10. The van der Waals surface area contributed by atoms with Crippen LogP contribution in [0.1, 0.15) is 0 Å². The van der Waals surface area contributed by atoms with E-state index in [1.54, 1.807) is 0 Å². The molecule has 0 unspecified atom stereocenters. The van der Waals surface area contributed by atoms with E-state index in [-0.39, 0.29) is 0 Å². The molecule has 4 heteroatoms. The van der Waals surface area contributed by atoms with Crippen LogP contribution in [-0.2, 0) is 0 Å². The Hall–Kier alpha value is -9.38. The average Bonchev–Trinajstić information content (AvgIpc) is 3.98. The van der Waals surface area contributed by atoms with Gasteiger partial charge in [0, 0.05) is 65.8 Å². The van der Waals surface area contributed by atoms with Crippen molar-refractivity contribution in [3.8, 4) is 0 Å². The van der Waals surface area contributed by atoms with Gasteiger partial charge in [0.2, 0.25) is 0 Å². The molecule has 0 saturated carbocycles. The fourth-order valence-corrected chi connectivity index (χ4v) is 11.3. The van der Waals surface area contributed by atoms with Gasteiger partial charge in [-0.2, -0.15) is 0 Å². The lowest BCUT2D eigenvalue weighted by atomic mass is 9.99. The quantitative estimate of drug-likeness (QED) is 0.156. The van der Waals surface area contributed by atoms with Crippen molar-refractivity contribution in [3.63, 3.8) is 0 Å². The number of hydrogen-bond acceptors (Lipinski definition) is 4. The number of furan rings is 2. The Morgan fingerprint density at radius 3 is 1.07 bits per heavy atom. The van der Waals surface area contributed by atoms with Gasteiger partial charge in [-0.05, 0) is 140 Å². The van der Waals surface area contributed by atoms with Gasteiger partial charge in [-0.1, -0.05) is 146 Å².